The number of benzene rings is 1. The Morgan fingerprint density at radius 1 is 1.27 bits per heavy atom. The van der Waals surface area contributed by atoms with E-state index in [-0.39, 0.29) is 17.9 Å². The van der Waals surface area contributed by atoms with Crippen molar-refractivity contribution in [2.24, 2.45) is 5.92 Å². The molecule has 1 amide bonds. The minimum absolute atomic E-state index is 0.0843. The molecule has 0 aromatic heterocycles. The van der Waals surface area contributed by atoms with Gasteiger partial charge in [-0.2, -0.15) is 0 Å². The summed E-state index contributed by atoms with van der Waals surface area (Å²) in [6.07, 6.45) is 1.19. The first kappa shape index (κ1) is 16.3. The Morgan fingerprint density at radius 2 is 1.86 bits per heavy atom. The summed E-state index contributed by atoms with van der Waals surface area (Å²) >= 11 is 0. The van der Waals surface area contributed by atoms with Gasteiger partial charge in [-0.05, 0) is 57.1 Å². The van der Waals surface area contributed by atoms with Gasteiger partial charge in [0, 0.05) is 5.69 Å². The van der Waals surface area contributed by atoms with Crippen molar-refractivity contribution in [1.82, 2.24) is 4.90 Å². The summed E-state index contributed by atoms with van der Waals surface area (Å²) in [5, 5.41) is 11.9. The van der Waals surface area contributed by atoms with E-state index in [0.717, 1.165) is 11.4 Å². The number of carbonyl (C=O) groups excluding carboxylic acids is 1. The molecule has 1 atom stereocenters. The monoisotopic (exact) mass is 306 g/mol. The minimum Gasteiger partial charge on any atom is -0.497 e. The zero-order chi connectivity index (χ0) is 16.1. The SMILES string of the molecule is COc1ccc(NC(=O)C(C)N2CCC(C(=O)O)CC2)cc1. The Kier molecular flexibility index (Phi) is 5.38. The summed E-state index contributed by atoms with van der Waals surface area (Å²) < 4.78 is 5.08. The normalized spacial score (nSPS) is 17.7. The number of carboxylic acid groups (broad SMARTS) is 1. The fourth-order valence-electron chi connectivity index (χ4n) is 2.62. The molecule has 1 saturated heterocycles. The van der Waals surface area contributed by atoms with Crippen LogP contribution in [0.2, 0.25) is 0 Å². The number of likely N-dealkylation sites (tertiary alicyclic amines) is 1. The predicted octanol–water partition coefficient (Wildman–Crippen LogP) is 1.82. The molecular weight excluding hydrogens is 284 g/mol. The fourth-order valence-corrected chi connectivity index (χ4v) is 2.62. The van der Waals surface area contributed by atoms with E-state index in [1.54, 1.807) is 31.4 Å². The second kappa shape index (κ2) is 7.26. The number of hydrogen-bond acceptors (Lipinski definition) is 4. The zero-order valence-corrected chi connectivity index (χ0v) is 12.9. The number of ether oxygens (including phenoxy) is 1. The van der Waals surface area contributed by atoms with Crippen LogP contribution >= 0.6 is 0 Å². The van der Waals surface area contributed by atoms with Crippen LogP contribution in [-0.4, -0.2) is 48.1 Å². The van der Waals surface area contributed by atoms with Crippen LogP contribution in [0.1, 0.15) is 19.8 Å². The molecule has 22 heavy (non-hydrogen) atoms. The largest absolute Gasteiger partial charge is 0.497 e. The third kappa shape index (κ3) is 3.98. The molecule has 0 aliphatic carbocycles. The van der Waals surface area contributed by atoms with Crippen LogP contribution < -0.4 is 10.1 Å². The van der Waals surface area contributed by atoms with Crippen LogP contribution in [0.15, 0.2) is 24.3 Å². The van der Waals surface area contributed by atoms with Gasteiger partial charge in [-0.25, -0.2) is 0 Å². The quantitative estimate of drug-likeness (QED) is 0.867. The van der Waals surface area contributed by atoms with Crippen molar-refractivity contribution in [3.05, 3.63) is 24.3 Å². The van der Waals surface area contributed by atoms with Gasteiger partial charge in [-0.3, -0.25) is 14.5 Å². The second-order valence-corrected chi connectivity index (χ2v) is 5.54. The van der Waals surface area contributed by atoms with Gasteiger partial charge in [-0.1, -0.05) is 0 Å². The van der Waals surface area contributed by atoms with Crippen LogP contribution in [0.3, 0.4) is 0 Å². The van der Waals surface area contributed by atoms with E-state index in [1.807, 2.05) is 11.8 Å². The third-order valence-corrected chi connectivity index (χ3v) is 4.16. The Balaban J connectivity index is 1.88. The first-order valence-electron chi connectivity index (χ1n) is 7.43. The molecule has 1 aromatic rings. The lowest BCUT2D eigenvalue weighted by Gasteiger charge is -2.33. The highest BCUT2D eigenvalue weighted by molar-refractivity contribution is 5.94. The molecule has 0 spiro atoms. The van der Waals surface area contributed by atoms with E-state index in [4.69, 9.17) is 9.84 Å². The molecular formula is C16H22N2O4. The van der Waals surface area contributed by atoms with Crippen LogP contribution in [0, 0.1) is 5.92 Å². The highest BCUT2D eigenvalue weighted by Crippen LogP contribution is 2.20. The van der Waals surface area contributed by atoms with Crippen LogP contribution in [0.25, 0.3) is 0 Å². The summed E-state index contributed by atoms with van der Waals surface area (Å²) in [4.78, 5) is 25.3. The maximum atomic E-state index is 12.3. The molecule has 120 valence electrons. The number of methoxy groups -OCH3 is 1. The van der Waals surface area contributed by atoms with Gasteiger partial charge in [-0.15, -0.1) is 0 Å². The van der Waals surface area contributed by atoms with Crippen molar-refractivity contribution in [2.75, 3.05) is 25.5 Å². The van der Waals surface area contributed by atoms with Crippen LogP contribution in [0.4, 0.5) is 5.69 Å². The lowest BCUT2D eigenvalue weighted by molar-refractivity contribution is -0.143. The van der Waals surface area contributed by atoms with Crippen molar-refractivity contribution >= 4 is 17.6 Å². The smallest absolute Gasteiger partial charge is 0.306 e. The van der Waals surface area contributed by atoms with Gasteiger partial charge in [0.2, 0.25) is 5.91 Å². The number of anilines is 1. The molecule has 2 N–H and O–H groups in total. The van der Waals surface area contributed by atoms with E-state index in [0.29, 0.717) is 25.9 Å². The molecule has 1 aromatic carbocycles. The Bertz CT molecular complexity index is 521. The molecule has 0 bridgehead atoms. The van der Waals surface area contributed by atoms with Crippen molar-refractivity contribution in [3.63, 3.8) is 0 Å². The predicted molar refractivity (Wildman–Crippen MR) is 83.0 cm³/mol. The second-order valence-electron chi connectivity index (χ2n) is 5.54. The van der Waals surface area contributed by atoms with E-state index < -0.39 is 5.97 Å². The summed E-state index contributed by atoms with van der Waals surface area (Å²) in [6, 6.07) is 6.88. The minimum atomic E-state index is -0.741. The van der Waals surface area contributed by atoms with Gasteiger partial charge in [0.1, 0.15) is 5.75 Å². The number of nitrogens with one attached hydrogen (secondary N) is 1. The lowest BCUT2D eigenvalue weighted by atomic mass is 9.96. The highest BCUT2D eigenvalue weighted by Gasteiger charge is 2.29. The molecule has 0 saturated carbocycles. The Morgan fingerprint density at radius 3 is 2.36 bits per heavy atom. The number of carbonyl (C=O) groups is 2. The maximum absolute atomic E-state index is 12.3. The van der Waals surface area contributed by atoms with Crippen LogP contribution in [-0.2, 0) is 9.59 Å². The molecule has 1 aliphatic heterocycles. The van der Waals surface area contributed by atoms with Gasteiger partial charge < -0.3 is 15.2 Å². The molecule has 1 heterocycles. The number of aliphatic carboxylic acids is 1. The first-order valence-corrected chi connectivity index (χ1v) is 7.43. The number of hydrogen-bond donors (Lipinski definition) is 2. The van der Waals surface area contributed by atoms with Crippen molar-refractivity contribution in [2.45, 2.75) is 25.8 Å². The topological polar surface area (TPSA) is 78.9 Å². The summed E-state index contributed by atoms with van der Waals surface area (Å²) in [5.74, 6) is -0.371. The number of carboxylic acids is 1. The standard InChI is InChI=1S/C16H22N2O4/c1-11(18-9-7-12(8-10-18)16(20)21)15(19)17-13-3-5-14(22-2)6-4-13/h3-6,11-12H,7-10H2,1-2H3,(H,17,19)(H,20,21). The number of amides is 1. The summed E-state index contributed by atoms with van der Waals surface area (Å²) in [6.45, 7) is 3.11. The molecule has 0 radical (unpaired) electrons. The Labute approximate surface area is 130 Å². The molecule has 1 aliphatic rings. The van der Waals surface area contributed by atoms with Crippen molar-refractivity contribution in [1.29, 1.82) is 0 Å². The van der Waals surface area contributed by atoms with Crippen LogP contribution in [0.5, 0.6) is 5.75 Å². The van der Waals surface area contributed by atoms with E-state index >= 15 is 0 Å². The van der Waals surface area contributed by atoms with Gasteiger partial charge >= 0.3 is 5.97 Å². The van der Waals surface area contributed by atoms with E-state index in [1.165, 1.54) is 0 Å². The summed E-state index contributed by atoms with van der Waals surface area (Å²) in [7, 11) is 1.59. The number of piperidine rings is 1. The van der Waals surface area contributed by atoms with Gasteiger partial charge in [0.05, 0.1) is 19.1 Å². The highest BCUT2D eigenvalue weighted by atomic mass is 16.5. The van der Waals surface area contributed by atoms with E-state index in [2.05, 4.69) is 5.32 Å². The molecule has 6 nitrogen and oxygen atoms in total. The average Bonchev–Trinajstić information content (AvgIpc) is 2.55. The molecule has 1 unspecified atom stereocenters. The molecule has 6 heteroatoms. The zero-order valence-electron chi connectivity index (χ0n) is 12.9. The average molecular weight is 306 g/mol. The molecule has 2 rings (SSSR count). The first-order chi connectivity index (χ1) is 10.5. The fraction of sp³-hybridized carbons (Fsp3) is 0.500. The molecule has 1 fully saturated rings. The number of rotatable bonds is 5. The van der Waals surface area contributed by atoms with Crippen molar-refractivity contribution < 1.29 is 19.4 Å². The lowest BCUT2D eigenvalue weighted by Crippen LogP contribution is -2.46. The van der Waals surface area contributed by atoms with Gasteiger partial charge in [0.15, 0.2) is 0 Å². The van der Waals surface area contributed by atoms with Gasteiger partial charge in [0.25, 0.3) is 0 Å². The Hall–Kier alpha value is -2.08. The number of nitrogens with zero attached hydrogens (tertiary/aromatic N) is 1. The van der Waals surface area contributed by atoms with E-state index in [9.17, 15) is 9.59 Å². The maximum Gasteiger partial charge on any atom is 0.306 e. The third-order valence-electron chi connectivity index (χ3n) is 4.16. The summed E-state index contributed by atoms with van der Waals surface area (Å²) in [5.41, 5.74) is 0.720. The van der Waals surface area contributed by atoms with Crippen molar-refractivity contribution in [3.8, 4) is 5.75 Å².